The third-order valence-corrected chi connectivity index (χ3v) is 3.36. The Morgan fingerprint density at radius 2 is 1.90 bits per heavy atom. The minimum Gasteiger partial charge on any atom is -0.350 e. The number of carbonyl (C=O) groups is 2. The van der Waals surface area contributed by atoms with Crippen LogP contribution in [0.5, 0.6) is 0 Å². The Hall–Kier alpha value is -1.88. The number of para-hydroxylation sites is 1. The second-order valence-corrected chi connectivity index (χ2v) is 5.21. The molecule has 116 valence electrons. The molecule has 0 bridgehead atoms. The highest BCUT2D eigenvalue weighted by molar-refractivity contribution is 6.04. The van der Waals surface area contributed by atoms with E-state index in [0.717, 1.165) is 12.8 Å². The first-order valence-electron chi connectivity index (χ1n) is 7.45. The smallest absolute Gasteiger partial charge is 0.253 e. The molecule has 0 radical (unpaired) electrons. The zero-order valence-electron chi connectivity index (χ0n) is 13.0. The number of hydrogen-bond donors (Lipinski definition) is 3. The van der Waals surface area contributed by atoms with E-state index in [9.17, 15) is 9.59 Å². The lowest BCUT2D eigenvalue weighted by Crippen LogP contribution is -2.37. The van der Waals surface area contributed by atoms with Gasteiger partial charge in [0.15, 0.2) is 0 Å². The Balaban J connectivity index is 2.84. The summed E-state index contributed by atoms with van der Waals surface area (Å²) in [7, 11) is 0. The second-order valence-electron chi connectivity index (χ2n) is 5.21. The van der Waals surface area contributed by atoms with Crippen LogP contribution in [0.1, 0.15) is 50.4 Å². The molecule has 0 aliphatic carbocycles. The van der Waals surface area contributed by atoms with Crippen LogP contribution in [-0.4, -0.2) is 23.9 Å². The predicted octanol–water partition coefficient (Wildman–Crippen LogP) is 2.28. The Kier molecular flexibility index (Phi) is 6.88. The fourth-order valence-corrected chi connectivity index (χ4v) is 1.86. The van der Waals surface area contributed by atoms with Gasteiger partial charge in [-0.2, -0.15) is 0 Å². The van der Waals surface area contributed by atoms with E-state index < -0.39 is 6.04 Å². The number of benzene rings is 1. The molecule has 0 fully saturated rings. The quantitative estimate of drug-likeness (QED) is 0.720. The molecule has 0 saturated carbocycles. The van der Waals surface area contributed by atoms with E-state index in [-0.39, 0.29) is 17.9 Å². The summed E-state index contributed by atoms with van der Waals surface area (Å²) in [5.74, 6) is -0.454. The third kappa shape index (κ3) is 5.19. The van der Waals surface area contributed by atoms with Crippen LogP contribution in [0, 0.1) is 0 Å². The van der Waals surface area contributed by atoms with Crippen molar-refractivity contribution in [3.05, 3.63) is 29.8 Å². The second kappa shape index (κ2) is 8.42. The molecule has 0 aliphatic heterocycles. The number of nitrogens with two attached hydrogens (primary N) is 1. The maximum atomic E-state index is 12.2. The zero-order chi connectivity index (χ0) is 15.8. The molecule has 5 nitrogen and oxygen atoms in total. The average molecular weight is 291 g/mol. The zero-order valence-corrected chi connectivity index (χ0v) is 13.0. The van der Waals surface area contributed by atoms with Gasteiger partial charge in [-0.3, -0.25) is 9.59 Å². The molecule has 0 saturated heterocycles. The van der Waals surface area contributed by atoms with Gasteiger partial charge in [-0.1, -0.05) is 32.4 Å². The van der Waals surface area contributed by atoms with Crippen molar-refractivity contribution in [2.24, 2.45) is 5.73 Å². The van der Waals surface area contributed by atoms with Gasteiger partial charge in [-0.15, -0.1) is 0 Å². The Morgan fingerprint density at radius 1 is 1.24 bits per heavy atom. The summed E-state index contributed by atoms with van der Waals surface area (Å²) in [6.07, 6.45) is 2.30. The number of hydrogen-bond acceptors (Lipinski definition) is 3. The van der Waals surface area contributed by atoms with Crippen LogP contribution in [0.3, 0.4) is 0 Å². The van der Waals surface area contributed by atoms with Crippen molar-refractivity contribution in [3.63, 3.8) is 0 Å². The van der Waals surface area contributed by atoms with Gasteiger partial charge in [0.05, 0.1) is 17.3 Å². The number of carbonyl (C=O) groups excluding carboxylic acids is 2. The van der Waals surface area contributed by atoms with E-state index in [4.69, 9.17) is 5.73 Å². The summed E-state index contributed by atoms with van der Waals surface area (Å²) in [6, 6.07) is 6.49. The predicted molar refractivity (Wildman–Crippen MR) is 85.2 cm³/mol. The molecule has 21 heavy (non-hydrogen) atoms. The van der Waals surface area contributed by atoms with Crippen molar-refractivity contribution in [3.8, 4) is 0 Å². The molecule has 4 N–H and O–H groups in total. The van der Waals surface area contributed by atoms with Gasteiger partial charge in [-0.25, -0.2) is 0 Å². The lowest BCUT2D eigenvalue weighted by molar-refractivity contribution is -0.117. The van der Waals surface area contributed by atoms with E-state index in [1.54, 1.807) is 24.3 Å². The lowest BCUT2D eigenvalue weighted by atomic mass is 10.1. The molecule has 0 spiro atoms. The number of rotatable bonds is 7. The summed E-state index contributed by atoms with van der Waals surface area (Å²) in [6.45, 7) is 5.92. The molecule has 1 unspecified atom stereocenters. The average Bonchev–Trinajstić information content (AvgIpc) is 2.47. The molecular formula is C16H25N3O2. The minimum atomic E-state index is -0.555. The highest BCUT2D eigenvalue weighted by atomic mass is 16.2. The lowest BCUT2D eigenvalue weighted by Gasteiger charge is -2.16. The highest BCUT2D eigenvalue weighted by Gasteiger charge is 2.17. The molecule has 1 rings (SSSR count). The van der Waals surface area contributed by atoms with Gasteiger partial charge >= 0.3 is 0 Å². The normalized spacial score (nSPS) is 13.3. The van der Waals surface area contributed by atoms with Crippen LogP contribution >= 0.6 is 0 Å². The molecular weight excluding hydrogens is 266 g/mol. The van der Waals surface area contributed by atoms with Gasteiger partial charge < -0.3 is 16.4 Å². The van der Waals surface area contributed by atoms with E-state index in [0.29, 0.717) is 17.7 Å². The standard InChI is InChI=1S/C16H25N3O2/c1-4-8-13(17)16(21)19-14-10-7-6-9-12(14)15(20)18-11(3)5-2/h6-7,9-11,13H,4-5,8,17H2,1-3H3,(H,18,20)(H,19,21)/t11?,13-/m0/s1. The molecule has 1 aromatic rings. The Bertz CT molecular complexity index is 488. The largest absolute Gasteiger partial charge is 0.350 e. The number of anilines is 1. The molecule has 0 aromatic heterocycles. The summed E-state index contributed by atoms with van der Waals surface area (Å²) in [5, 5.41) is 5.63. The van der Waals surface area contributed by atoms with Crippen molar-refractivity contribution in [1.82, 2.24) is 5.32 Å². The van der Waals surface area contributed by atoms with Crippen molar-refractivity contribution in [1.29, 1.82) is 0 Å². The molecule has 0 heterocycles. The molecule has 2 amide bonds. The van der Waals surface area contributed by atoms with Gasteiger partial charge in [0, 0.05) is 6.04 Å². The fraction of sp³-hybridized carbons (Fsp3) is 0.500. The fourth-order valence-electron chi connectivity index (χ4n) is 1.86. The highest BCUT2D eigenvalue weighted by Crippen LogP contribution is 2.16. The molecule has 0 aliphatic rings. The van der Waals surface area contributed by atoms with E-state index in [2.05, 4.69) is 10.6 Å². The maximum Gasteiger partial charge on any atom is 0.253 e. The van der Waals surface area contributed by atoms with E-state index >= 15 is 0 Å². The van der Waals surface area contributed by atoms with Crippen molar-refractivity contribution in [2.75, 3.05) is 5.32 Å². The van der Waals surface area contributed by atoms with Crippen LogP contribution in [-0.2, 0) is 4.79 Å². The van der Waals surface area contributed by atoms with Crippen molar-refractivity contribution < 1.29 is 9.59 Å². The summed E-state index contributed by atoms with van der Waals surface area (Å²) in [4.78, 5) is 24.2. The van der Waals surface area contributed by atoms with Crippen LogP contribution in [0.2, 0.25) is 0 Å². The van der Waals surface area contributed by atoms with Crippen LogP contribution in [0.25, 0.3) is 0 Å². The van der Waals surface area contributed by atoms with Gasteiger partial charge in [0.2, 0.25) is 5.91 Å². The summed E-state index contributed by atoms with van der Waals surface area (Å²) >= 11 is 0. The molecule has 5 heteroatoms. The van der Waals surface area contributed by atoms with Crippen molar-refractivity contribution in [2.45, 2.75) is 52.1 Å². The first-order valence-corrected chi connectivity index (χ1v) is 7.45. The number of nitrogens with one attached hydrogen (secondary N) is 2. The third-order valence-electron chi connectivity index (χ3n) is 3.36. The Morgan fingerprint density at radius 3 is 2.52 bits per heavy atom. The SMILES string of the molecule is CCC[C@H](N)C(=O)Nc1ccccc1C(=O)NC(C)CC. The molecule has 1 aromatic carbocycles. The minimum absolute atomic E-state index is 0.0867. The van der Waals surface area contributed by atoms with Crippen molar-refractivity contribution >= 4 is 17.5 Å². The Labute approximate surface area is 126 Å². The van der Waals surface area contributed by atoms with E-state index in [1.165, 1.54) is 0 Å². The van der Waals surface area contributed by atoms with Gasteiger partial charge in [0.25, 0.3) is 5.91 Å². The van der Waals surface area contributed by atoms with E-state index in [1.807, 2.05) is 20.8 Å². The van der Waals surface area contributed by atoms with Gasteiger partial charge in [-0.05, 0) is 31.9 Å². The van der Waals surface area contributed by atoms with Crippen LogP contribution < -0.4 is 16.4 Å². The summed E-state index contributed by atoms with van der Waals surface area (Å²) < 4.78 is 0. The monoisotopic (exact) mass is 291 g/mol. The topological polar surface area (TPSA) is 84.2 Å². The number of amides is 2. The first kappa shape index (κ1) is 17.2. The first-order chi connectivity index (χ1) is 9.99. The summed E-state index contributed by atoms with van der Waals surface area (Å²) in [5.41, 5.74) is 6.74. The van der Waals surface area contributed by atoms with Crippen LogP contribution in [0.4, 0.5) is 5.69 Å². The molecule has 2 atom stereocenters. The maximum absolute atomic E-state index is 12.2. The van der Waals surface area contributed by atoms with Gasteiger partial charge in [0.1, 0.15) is 0 Å². The van der Waals surface area contributed by atoms with Crippen LogP contribution in [0.15, 0.2) is 24.3 Å².